The summed E-state index contributed by atoms with van der Waals surface area (Å²) in [4.78, 5) is 14.5. The number of benzene rings is 1. The Balaban J connectivity index is 0.000000956. The Morgan fingerprint density at radius 1 is 1.30 bits per heavy atom. The summed E-state index contributed by atoms with van der Waals surface area (Å²) in [7, 11) is 1.87. The Hall–Kier alpha value is -1.35. The number of nitrogens with one attached hydrogen (secondary N) is 1. The van der Waals surface area contributed by atoms with E-state index in [1.54, 1.807) is 0 Å². The molecule has 1 aromatic carbocycles. The number of rotatable bonds is 2. The van der Waals surface area contributed by atoms with Crippen LogP contribution in [-0.2, 0) is 11.2 Å². The van der Waals surface area contributed by atoms with E-state index < -0.39 is 0 Å². The molecule has 1 atom stereocenters. The van der Waals surface area contributed by atoms with Gasteiger partial charge < -0.3 is 10.2 Å². The van der Waals surface area contributed by atoms with Crippen LogP contribution in [0.1, 0.15) is 40.2 Å². The maximum absolute atomic E-state index is 12.6. The zero-order valence-corrected chi connectivity index (χ0v) is 13.7. The van der Waals surface area contributed by atoms with Gasteiger partial charge in [0.1, 0.15) is 0 Å². The first-order valence-corrected chi connectivity index (χ1v) is 7.58. The van der Waals surface area contributed by atoms with Crippen molar-refractivity contribution in [1.29, 1.82) is 0 Å². The highest BCUT2D eigenvalue weighted by Gasteiger charge is 2.40. The van der Waals surface area contributed by atoms with Gasteiger partial charge in [-0.25, -0.2) is 0 Å². The highest BCUT2D eigenvalue weighted by molar-refractivity contribution is 5.99. The summed E-state index contributed by atoms with van der Waals surface area (Å²) in [6.45, 7) is 11.0. The molecule has 0 saturated heterocycles. The van der Waals surface area contributed by atoms with E-state index in [0.29, 0.717) is 6.54 Å². The van der Waals surface area contributed by atoms with Crippen molar-refractivity contribution in [2.75, 3.05) is 18.5 Å². The van der Waals surface area contributed by atoms with Crippen molar-refractivity contribution in [3.63, 3.8) is 0 Å². The molecule has 3 heteroatoms. The third-order valence-electron chi connectivity index (χ3n) is 3.83. The number of carbonyl (C=O) groups is 1. The van der Waals surface area contributed by atoms with E-state index in [1.165, 1.54) is 5.56 Å². The molecule has 1 N–H and O–H groups in total. The first-order chi connectivity index (χ1) is 9.51. The van der Waals surface area contributed by atoms with Gasteiger partial charge in [-0.3, -0.25) is 4.79 Å². The molecular formula is C17H28N2O. The lowest BCUT2D eigenvalue weighted by molar-refractivity contribution is -0.122. The molecule has 0 saturated carbocycles. The van der Waals surface area contributed by atoms with E-state index in [4.69, 9.17) is 0 Å². The van der Waals surface area contributed by atoms with Crippen molar-refractivity contribution >= 4 is 11.6 Å². The summed E-state index contributed by atoms with van der Waals surface area (Å²) in [6, 6.07) is 8.09. The van der Waals surface area contributed by atoms with Crippen LogP contribution in [0.4, 0.5) is 5.69 Å². The molecule has 1 amide bonds. The van der Waals surface area contributed by atoms with Crippen LogP contribution in [0.2, 0.25) is 0 Å². The molecule has 0 spiro atoms. The quantitative estimate of drug-likeness (QED) is 0.899. The summed E-state index contributed by atoms with van der Waals surface area (Å²) in [5.74, 6) is 0.176. The van der Waals surface area contributed by atoms with Crippen molar-refractivity contribution in [1.82, 2.24) is 5.32 Å². The molecule has 20 heavy (non-hydrogen) atoms. The molecule has 1 aromatic rings. The van der Waals surface area contributed by atoms with Crippen LogP contribution in [0.3, 0.4) is 0 Å². The summed E-state index contributed by atoms with van der Waals surface area (Å²) in [5, 5.41) is 3.19. The first-order valence-electron chi connectivity index (χ1n) is 7.58. The van der Waals surface area contributed by atoms with E-state index in [9.17, 15) is 4.79 Å². The van der Waals surface area contributed by atoms with Crippen molar-refractivity contribution < 1.29 is 4.79 Å². The Bertz CT molecular complexity index is 454. The monoisotopic (exact) mass is 276 g/mol. The van der Waals surface area contributed by atoms with Gasteiger partial charge in [0, 0.05) is 12.2 Å². The molecule has 1 aliphatic rings. The van der Waals surface area contributed by atoms with E-state index in [0.717, 1.165) is 12.1 Å². The lowest BCUT2D eigenvalue weighted by atomic mass is 9.79. The zero-order chi connectivity index (χ0) is 15.3. The highest BCUT2D eigenvalue weighted by Crippen LogP contribution is 2.36. The van der Waals surface area contributed by atoms with E-state index in [-0.39, 0.29) is 17.4 Å². The number of nitrogens with zero attached hydrogens (tertiary/aromatic N) is 1. The fourth-order valence-electron chi connectivity index (χ4n) is 2.97. The lowest BCUT2D eigenvalue weighted by Gasteiger charge is -2.32. The average molecular weight is 276 g/mol. The second kappa shape index (κ2) is 6.89. The Morgan fingerprint density at radius 2 is 1.90 bits per heavy atom. The van der Waals surface area contributed by atoms with Crippen molar-refractivity contribution in [2.24, 2.45) is 5.41 Å². The number of amides is 1. The summed E-state index contributed by atoms with van der Waals surface area (Å²) in [6.07, 6.45) is 0.914. The molecule has 0 fully saturated rings. The van der Waals surface area contributed by atoms with Crippen molar-refractivity contribution in [3.05, 3.63) is 29.8 Å². The molecule has 1 aliphatic heterocycles. The number of likely N-dealkylation sites (N-methyl/N-ethyl adjacent to an activating group) is 2. The minimum atomic E-state index is -0.134. The van der Waals surface area contributed by atoms with Gasteiger partial charge in [0.2, 0.25) is 5.91 Å². The van der Waals surface area contributed by atoms with Gasteiger partial charge in [-0.2, -0.15) is 0 Å². The van der Waals surface area contributed by atoms with Crippen LogP contribution >= 0.6 is 0 Å². The van der Waals surface area contributed by atoms with Gasteiger partial charge in [-0.15, -0.1) is 0 Å². The highest BCUT2D eigenvalue weighted by atomic mass is 16.2. The smallest absolute Gasteiger partial charge is 0.244 e. The topological polar surface area (TPSA) is 32.3 Å². The van der Waals surface area contributed by atoms with Gasteiger partial charge in [-0.05, 0) is 37.4 Å². The maximum atomic E-state index is 12.6. The second-order valence-corrected chi connectivity index (χ2v) is 5.60. The summed E-state index contributed by atoms with van der Waals surface area (Å²) < 4.78 is 0. The fourth-order valence-corrected chi connectivity index (χ4v) is 2.97. The van der Waals surface area contributed by atoms with Gasteiger partial charge in [0.05, 0.1) is 6.04 Å². The van der Waals surface area contributed by atoms with Crippen LogP contribution in [0.25, 0.3) is 0 Å². The lowest BCUT2D eigenvalue weighted by Crippen LogP contribution is -2.52. The van der Waals surface area contributed by atoms with E-state index >= 15 is 0 Å². The van der Waals surface area contributed by atoms with E-state index in [2.05, 4.69) is 25.2 Å². The van der Waals surface area contributed by atoms with Gasteiger partial charge in [0.25, 0.3) is 0 Å². The third kappa shape index (κ3) is 3.04. The Morgan fingerprint density at radius 3 is 2.45 bits per heavy atom. The van der Waals surface area contributed by atoms with Gasteiger partial charge >= 0.3 is 0 Å². The number of carbonyl (C=O) groups excluding carboxylic acids is 1. The van der Waals surface area contributed by atoms with Crippen molar-refractivity contribution in [3.8, 4) is 0 Å². The predicted molar refractivity (Wildman–Crippen MR) is 86.1 cm³/mol. The molecule has 0 bridgehead atoms. The maximum Gasteiger partial charge on any atom is 0.244 e. The van der Waals surface area contributed by atoms with Crippen LogP contribution in [0.15, 0.2) is 24.3 Å². The molecule has 0 aromatic heterocycles. The molecule has 1 unspecified atom stereocenters. The van der Waals surface area contributed by atoms with Crippen LogP contribution in [0.5, 0.6) is 0 Å². The summed E-state index contributed by atoms with van der Waals surface area (Å²) in [5.41, 5.74) is 2.25. The average Bonchev–Trinajstić information content (AvgIpc) is 2.51. The number of fused-ring (bicyclic) bond motifs is 1. The van der Waals surface area contributed by atoms with Gasteiger partial charge in [-0.1, -0.05) is 45.9 Å². The predicted octanol–water partition coefficient (Wildman–Crippen LogP) is 3.24. The van der Waals surface area contributed by atoms with Crippen LogP contribution in [0, 0.1) is 5.41 Å². The van der Waals surface area contributed by atoms with Crippen LogP contribution in [-0.4, -0.2) is 25.5 Å². The summed E-state index contributed by atoms with van der Waals surface area (Å²) >= 11 is 0. The van der Waals surface area contributed by atoms with Crippen LogP contribution < -0.4 is 10.2 Å². The number of hydrogen-bond donors (Lipinski definition) is 1. The third-order valence-corrected chi connectivity index (χ3v) is 3.83. The Labute approximate surface area is 123 Å². The standard InChI is InChI=1S/C15H22N2O.C2H6/c1-5-17-12-9-7-6-8-11(12)10-15(2,3)13(16-4)14(17)18;1-2/h6-9,13,16H,5,10H2,1-4H3;1-2H3. The van der Waals surface area contributed by atoms with Gasteiger partial charge in [0.15, 0.2) is 0 Å². The molecule has 112 valence electrons. The minimum Gasteiger partial charge on any atom is -0.311 e. The SMILES string of the molecule is CC.CCN1C(=O)C(NC)C(C)(C)Cc2ccccc21. The zero-order valence-electron chi connectivity index (χ0n) is 13.7. The number of hydrogen-bond acceptors (Lipinski definition) is 2. The number of anilines is 1. The molecule has 3 nitrogen and oxygen atoms in total. The van der Waals surface area contributed by atoms with Crippen molar-refractivity contribution in [2.45, 2.75) is 47.1 Å². The number of para-hydroxylation sites is 1. The molecule has 2 rings (SSSR count). The molecule has 0 radical (unpaired) electrons. The fraction of sp³-hybridized carbons (Fsp3) is 0.588. The van der Waals surface area contributed by atoms with E-state index in [1.807, 2.05) is 50.9 Å². The normalized spacial score (nSPS) is 20.6. The molecule has 1 heterocycles. The second-order valence-electron chi connectivity index (χ2n) is 5.60. The Kier molecular flexibility index (Phi) is 5.75. The minimum absolute atomic E-state index is 0.0775. The largest absolute Gasteiger partial charge is 0.311 e. The first kappa shape index (κ1) is 16.7. The molecular weight excluding hydrogens is 248 g/mol. The molecule has 0 aliphatic carbocycles.